The quantitative estimate of drug-likeness (QED) is 0.149. The van der Waals surface area contributed by atoms with Gasteiger partial charge in [0.25, 0.3) is 0 Å². The summed E-state index contributed by atoms with van der Waals surface area (Å²) in [6.45, 7) is 4.00. The minimum atomic E-state index is -5.16. The van der Waals surface area contributed by atoms with E-state index in [1.165, 1.54) is 12.1 Å². The van der Waals surface area contributed by atoms with E-state index >= 15 is 0 Å². The predicted molar refractivity (Wildman–Crippen MR) is 258 cm³/mol. The SMILES string of the molecule is CC.N#Cc1ccc(-c2ccc3c4ccc(-c5ccc(C#N)cc5)cc4n(-c4cc(-c5ccc(C(F)(F)F)cc5C(F)(F)F)ccc4-c4nc(-c5ccccc5)nc(-c5ccccc5)n4)c3c2)cc1. The molecular weight excluding hydrogens is 883 g/mol. The largest absolute Gasteiger partial charge is 0.417 e. The molecule has 0 aliphatic rings. The summed E-state index contributed by atoms with van der Waals surface area (Å²) in [5, 5.41) is 20.6. The molecule has 0 unspecified atom stereocenters. The smallest absolute Gasteiger partial charge is 0.308 e. The molecule has 69 heavy (non-hydrogen) atoms. The van der Waals surface area contributed by atoms with E-state index in [1.54, 1.807) is 30.3 Å². The van der Waals surface area contributed by atoms with Crippen molar-refractivity contribution >= 4 is 21.8 Å². The van der Waals surface area contributed by atoms with Crippen LogP contribution >= 0.6 is 0 Å². The van der Waals surface area contributed by atoms with Gasteiger partial charge in [0.05, 0.1) is 51.1 Å². The standard InChI is InChI=1S/C55H30F6N6.C2H6/c56-54(57,58)42-22-26-43(47(30-42)55(59,60)61)41-21-25-46(53-65-51(37-7-3-1-4-8-37)64-52(66-53)38-9-5-2-6-10-38)50(29-41)67-48-27-39(35-15-11-33(31-62)12-16-35)19-23-44(48)45-24-20-40(28-49(45)67)36-17-13-34(32-63)14-18-36;1-2/h1-30H;1-2H3. The van der Waals surface area contributed by atoms with Gasteiger partial charge < -0.3 is 4.57 Å². The van der Waals surface area contributed by atoms with Crippen LogP contribution in [0.3, 0.4) is 0 Å². The molecule has 8 aromatic carbocycles. The second kappa shape index (κ2) is 18.4. The topological polar surface area (TPSA) is 91.2 Å². The molecule has 336 valence electrons. The second-order valence-electron chi connectivity index (χ2n) is 15.7. The summed E-state index contributed by atoms with van der Waals surface area (Å²) in [4.78, 5) is 14.8. The van der Waals surface area contributed by atoms with Gasteiger partial charge in [0.1, 0.15) is 0 Å². The summed E-state index contributed by atoms with van der Waals surface area (Å²) in [7, 11) is 0. The van der Waals surface area contributed by atoms with Gasteiger partial charge >= 0.3 is 12.4 Å². The van der Waals surface area contributed by atoms with Crippen LogP contribution in [0.5, 0.6) is 0 Å². The maximum Gasteiger partial charge on any atom is 0.417 e. The van der Waals surface area contributed by atoms with E-state index in [-0.39, 0.29) is 17.5 Å². The van der Waals surface area contributed by atoms with Crippen LogP contribution in [0, 0.1) is 22.7 Å². The number of aromatic nitrogens is 4. The number of alkyl halides is 6. The van der Waals surface area contributed by atoms with Crippen LogP contribution in [0.2, 0.25) is 0 Å². The highest BCUT2D eigenvalue weighted by Crippen LogP contribution is 2.45. The first-order valence-corrected chi connectivity index (χ1v) is 21.8. The lowest BCUT2D eigenvalue weighted by Crippen LogP contribution is -2.12. The molecule has 0 radical (unpaired) electrons. The van der Waals surface area contributed by atoms with Crippen LogP contribution in [-0.2, 0) is 12.4 Å². The van der Waals surface area contributed by atoms with Crippen LogP contribution in [-0.4, -0.2) is 19.5 Å². The van der Waals surface area contributed by atoms with Crippen LogP contribution < -0.4 is 0 Å². The molecule has 0 amide bonds. The molecule has 0 aliphatic carbocycles. The van der Waals surface area contributed by atoms with Crippen molar-refractivity contribution in [2.75, 3.05) is 0 Å². The summed E-state index contributed by atoms with van der Waals surface area (Å²) in [5.74, 6) is 0.837. The molecule has 2 aromatic heterocycles. The highest BCUT2D eigenvalue weighted by molar-refractivity contribution is 6.11. The molecule has 0 fully saturated rings. The first-order chi connectivity index (χ1) is 33.4. The number of nitrogens with zero attached hydrogens (tertiary/aromatic N) is 6. The number of halogens is 6. The summed E-state index contributed by atoms with van der Waals surface area (Å²) >= 11 is 0. The second-order valence-corrected chi connectivity index (χ2v) is 15.7. The Balaban J connectivity index is 0.00000293. The fraction of sp³-hybridized carbons (Fsp3) is 0.0702. The van der Waals surface area contributed by atoms with Gasteiger partial charge in [-0.3, -0.25) is 0 Å². The van der Waals surface area contributed by atoms with E-state index in [1.807, 2.05) is 140 Å². The van der Waals surface area contributed by atoms with Crippen molar-refractivity contribution in [1.29, 1.82) is 10.5 Å². The molecule has 12 heteroatoms. The zero-order valence-corrected chi connectivity index (χ0v) is 36.8. The van der Waals surface area contributed by atoms with Crippen LogP contribution in [0.4, 0.5) is 26.3 Å². The van der Waals surface area contributed by atoms with Gasteiger partial charge in [-0.15, -0.1) is 0 Å². The van der Waals surface area contributed by atoms with E-state index in [0.29, 0.717) is 62.3 Å². The Kier molecular flexibility index (Phi) is 12.1. The third-order valence-electron chi connectivity index (χ3n) is 11.6. The molecule has 0 N–H and O–H groups in total. The van der Waals surface area contributed by atoms with Crippen LogP contribution in [0.1, 0.15) is 36.1 Å². The van der Waals surface area contributed by atoms with Gasteiger partial charge in [-0.1, -0.05) is 135 Å². The van der Waals surface area contributed by atoms with Gasteiger partial charge in [0.15, 0.2) is 17.5 Å². The maximum absolute atomic E-state index is 14.9. The van der Waals surface area contributed by atoms with Crippen molar-refractivity contribution in [1.82, 2.24) is 19.5 Å². The Morgan fingerprint density at radius 3 is 1.29 bits per heavy atom. The highest BCUT2D eigenvalue weighted by Gasteiger charge is 2.38. The molecule has 2 heterocycles. The number of benzene rings is 8. The first kappa shape index (κ1) is 45.3. The molecule has 6 nitrogen and oxygen atoms in total. The van der Waals surface area contributed by atoms with E-state index < -0.39 is 29.0 Å². The van der Waals surface area contributed by atoms with Crippen molar-refractivity contribution in [3.05, 3.63) is 204 Å². The van der Waals surface area contributed by atoms with Crippen molar-refractivity contribution in [2.45, 2.75) is 26.2 Å². The summed E-state index contributed by atoms with van der Waals surface area (Å²) in [6.07, 6.45) is -10.2. The molecule has 0 spiro atoms. The minimum Gasteiger partial charge on any atom is -0.308 e. The number of hydrogen-bond donors (Lipinski definition) is 0. The van der Waals surface area contributed by atoms with Crippen LogP contribution in [0.25, 0.3) is 95.0 Å². The third kappa shape index (κ3) is 8.92. The van der Waals surface area contributed by atoms with Gasteiger partial charge in [-0.05, 0) is 94.0 Å². The highest BCUT2D eigenvalue weighted by atomic mass is 19.4. The van der Waals surface area contributed by atoms with E-state index in [9.17, 15) is 36.9 Å². The molecule has 0 atom stereocenters. The molecule has 10 aromatic rings. The lowest BCUT2D eigenvalue weighted by atomic mass is 9.95. The van der Waals surface area contributed by atoms with Gasteiger partial charge in [0, 0.05) is 27.5 Å². The molecule has 0 saturated carbocycles. The number of hydrogen-bond acceptors (Lipinski definition) is 5. The van der Waals surface area contributed by atoms with Crippen molar-refractivity contribution in [3.63, 3.8) is 0 Å². The molecule has 0 saturated heterocycles. The molecule has 10 rings (SSSR count). The molecule has 0 bridgehead atoms. The summed E-state index contributed by atoms with van der Waals surface area (Å²) in [6, 6.07) is 54.8. The van der Waals surface area contributed by atoms with E-state index in [2.05, 4.69) is 12.1 Å². The fourth-order valence-corrected chi connectivity index (χ4v) is 8.32. The zero-order valence-electron chi connectivity index (χ0n) is 36.8. The van der Waals surface area contributed by atoms with Crippen molar-refractivity contribution in [3.8, 4) is 85.4 Å². The zero-order chi connectivity index (χ0) is 48.5. The third-order valence-corrected chi connectivity index (χ3v) is 11.6. The van der Waals surface area contributed by atoms with Gasteiger partial charge in [-0.25, -0.2) is 15.0 Å². The Bertz CT molecular complexity index is 3430. The van der Waals surface area contributed by atoms with Crippen molar-refractivity contribution < 1.29 is 26.3 Å². The van der Waals surface area contributed by atoms with Crippen LogP contribution in [0.15, 0.2) is 182 Å². The number of rotatable bonds is 7. The summed E-state index contributed by atoms with van der Waals surface area (Å²) < 4.78 is 88.5. The Morgan fingerprint density at radius 2 is 0.841 bits per heavy atom. The Labute approximate surface area is 392 Å². The Hall–Kier alpha value is -8.87. The van der Waals surface area contributed by atoms with E-state index in [4.69, 9.17) is 15.0 Å². The number of nitriles is 2. The average molecular weight is 919 g/mol. The average Bonchev–Trinajstić information content (AvgIpc) is 3.71. The first-order valence-electron chi connectivity index (χ1n) is 21.8. The predicted octanol–water partition coefficient (Wildman–Crippen LogP) is 15.8. The maximum atomic E-state index is 14.9. The molecular formula is C57H36F6N6. The number of fused-ring (bicyclic) bond motifs is 3. The van der Waals surface area contributed by atoms with Gasteiger partial charge in [0.2, 0.25) is 0 Å². The Morgan fingerprint density at radius 1 is 0.406 bits per heavy atom. The summed E-state index contributed by atoms with van der Waals surface area (Å²) in [5.41, 5.74) is 4.04. The van der Waals surface area contributed by atoms with Gasteiger partial charge in [-0.2, -0.15) is 36.9 Å². The van der Waals surface area contributed by atoms with Crippen molar-refractivity contribution in [2.24, 2.45) is 0 Å². The fourth-order valence-electron chi connectivity index (χ4n) is 8.32. The minimum absolute atomic E-state index is 0.0121. The lowest BCUT2D eigenvalue weighted by Gasteiger charge is -2.19. The van der Waals surface area contributed by atoms with E-state index in [0.717, 1.165) is 39.1 Å². The normalized spacial score (nSPS) is 11.4. The monoisotopic (exact) mass is 918 g/mol. The molecule has 0 aliphatic heterocycles. The lowest BCUT2D eigenvalue weighted by molar-refractivity contribution is -0.142.